The maximum absolute atomic E-state index is 13.5. The van der Waals surface area contributed by atoms with Crippen LogP contribution in [0.25, 0.3) is 11.1 Å². The van der Waals surface area contributed by atoms with E-state index in [0.717, 1.165) is 16.7 Å². The Balaban J connectivity index is 1.63. The minimum Gasteiger partial charge on any atom is -0.441 e. The van der Waals surface area contributed by atoms with Crippen LogP contribution in [-0.2, 0) is 11.2 Å². The van der Waals surface area contributed by atoms with E-state index in [1.807, 2.05) is 18.2 Å². The van der Waals surface area contributed by atoms with Crippen molar-refractivity contribution in [3.8, 4) is 0 Å². The van der Waals surface area contributed by atoms with Gasteiger partial charge in [0.25, 0.3) is 0 Å². The molecule has 1 amide bonds. The largest absolute Gasteiger partial charge is 0.441 e. The van der Waals surface area contributed by atoms with Crippen LogP contribution in [0.2, 0.25) is 0 Å². The molecular formula is C17H15FN2O2. The first-order valence-electron chi connectivity index (χ1n) is 7.02. The highest BCUT2D eigenvalue weighted by Crippen LogP contribution is 2.18. The van der Waals surface area contributed by atoms with E-state index in [-0.39, 0.29) is 18.0 Å². The van der Waals surface area contributed by atoms with Crippen molar-refractivity contribution in [2.45, 2.75) is 19.8 Å². The van der Waals surface area contributed by atoms with Crippen LogP contribution in [0.5, 0.6) is 0 Å². The molecule has 0 saturated heterocycles. The molecule has 0 radical (unpaired) electrons. The Bertz CT molecular complexity index is 826. The molecule has 0 aliphatic heterocycles. The van der Waals surface area contributed by atoms with Gasteiger partial charge in [-0.15, -0.1) is 0 Å². The molecule has 0 unspecified atom stereocenters. The second kappa shape index (κ2) is 5.97. The summed E-state index contributed by atoms with van der Waals surface area (Å²) in [6.07, 6.45) is 0.832. The molecule has 0 aliphatic carbocycles. The van der Waals surface area contributed by atoms with Crippen molar-refractivity contribution in [3.63, 3.8) is 0 Å². The van der Waals surface area contributed by atoms with Crippen molar-refractivity contribution in [1.82, 2.24) is 4.98 Å². The fraction of sp³-hybridized carbons (Fsp3) is 0.176. The summed E-state index contributed by atoms with van der Waals surface area (Å²) in [6.45, 7) is 1.79. The Morgan fingerprint density at radius 3 is 2.91 bits per heavy atom. The number of oxazole rings is 1. The summed E-state index contributed by atoms with van der Waals surface area (Å²) in [5, 5.41) is 2.57. The molecule has 0 atom stereocenters. The minimum atomic E-state index is -0.435. The smallest absolute Gasteiger partial charge is 0.224 e. The van der Waals surface area contributed by atoms with Crippen LogP contribution in [0.4, 0.5) is 10.1 Å². The first-order chi connectivity index (χ1) is 10.6. The highest BCUT2D eigenvalue weighted by Gasteiger charge is 2.08. The lowest BCUT2D eigenvalue weighted by Crippen LogP contribution is -2.13. The van der Waals surface area contributed by atoms with Gasteiger partial charge in [0.15, 0.2) is 11.5 Å². The molecule has 112 valence electrons. The number of amides is 1. The number of hydrogen-bond donors (Lipinski definition) is 1. The van der Waals surface area contributed by atoms with E-state index in [0.29, 0.717) is 12.3 Å². The number of hydrogen-bond acceptors (Lipinski definition) is 3. The summed E-state index contributed by atoms with van der Waals surface area (Å²) < 4.78 is 18.9. The average molecular weight is 298 g/mol. The van der Waals surface area contributed by atoms with E-state index in [1.54, 1.807) is 19.1 Å². The van der Waals surface area contributed by atoms with Crippen LogP contribution in [0.3, 0.4) is 0 Å². The van der Waals surface area contributed by atoms with Gasteiger partial charge in [-0.25, -0.2) is 9.37 Å². The molecule has 0 saturated carbocycles. The molecule has 0 spiro atoms. The molecule has 3 rings (SSSR count). The second-order valence-electron chi connectivity index (χ2n) is 5.06. The van der Waals surface area contributed by atoms with Crippen LogP contribution in [0, 0.1) is 12.7 Å². The van der Waals surface area contributed by atoms with Gasteiger partial charge in [-0.1, -0.05) is 18.2 Å². The summed E-state index contributed by atoms with van der Waals surface area (Å²) in [4.78, 5) is 16.2. The Morgan fingerprint density at radius 2 is 2.09 bits per heavy atom. The van der Waals surface area contributed by atoms with Gasteiger partial charge >= 0.3 is 0 Å². The number of carbonyl (C=O) groups excluding carboxylic acids is 1. The van der Waals surface area contributed by atoms with E-state index in [4.69, 9.17) is 4.42 Å². The molecule has 1 heterocycles. The number of halogens is 1. The van der Waals surface area contributed by atoms with Crippen LogP contribution in [0.15, 0.2) is 46.9 Å². The number of aromatic nitrogens is 1. The van der Waals surface area contributed by atoms with E-state index in [9.17, 15) is 9.18 Å². The van der Waals surface area contributed by atoms with E-state index >= 15 is 0 Å². The van der Waals surface area contributed by atoms with Gasteiger partial charge in [0, 0.05) is 13.3 Å². The van der Waals surface area contributed by atoms with E-state index in [1.165, 1.54) is 12.1 Å². The third-order valence-electron chi connectivity index (χ3n) is 3.35. The van der Waals surface area contributed by atoms with Crippen molar-refractivity contribution < 1.29 is 13.6 Å². The van der Waals surface area contributed by atoms with Crippen molar-refractivity contribution in [2.75, 3.05) is 5.32 Å². The molecule has 1 aromatic heterocycles. The normalized spacial score (nSPS) is 10.8. The van der Waals surface area contributed by atoms with Crippen LogP contribution in [0.1, 0.15) is 17.9 Å². The maximum atomic E-state index is 13.5. The zero-order valence-electron chi connectivity index (χ0n) is 12.1. The molecule has 0 aliphatic rings. The van der Waals surface area contributed by atoms with Crippen LogP contribution < -0.4 is 5.32 Å². The number of nitrogens with zero attached hydrogens (tertiary/aromatic N) is 1. The number of anilines is 1. The summed E-state index contributed by atoms with van der Waals surface area (Å²) in [7, 11) is 0. The van der Waals surface area contributed by atoms with Gasteiger partial charge < -0.3 is 9.73 Å². The van der Waals surface area contributed by atoms with Crippen molar-refractivity contribution in [2.24, 2.45) is 0 Å². The molecule has 4 nitrogen and oxygen atoms in total. The number of benzene rings is 2. The van der Waals surface area contributed by atoms with E-state index < -0.39 is 5.82 Å². The predicted molar refractivity (Wildman–Crippen MR) is 82.1 cm³/mol. The topological polar surface area (TPSA) is 55.1 Å². The van der Waals surface area contributed by atoms with Gasteiger partial charge in [-0.3, -0.25) is 4.79 Å². The number of para-hydroxylation sites is 1. The highest BCUT2D eigenvalue weighted by molar-refractivity contribution is 5.91. The van der Waals surface area contributed by atoms with E-state index in [2.05, 4.69) is 10.3 Å². The maximum Gasteiger partial charge on any atom is 0.224 e. The zero-order chi connectivity index (χ0) is 15.5. The quantitative estimate of drug-likeness (QED) is 0.796. The molecule has 0 bridgehead atoms. The highest BCUT2D eigenvalue weighted by atomic mass is 19.1. The van der Waals surface area contributed by atoms with Gasteiger partial charge in [-0.05, 0) is 36.2 Å². The van der Waals surface area contributed by atoms with Crippen molar-refractivity contribution in [3.05, 3.63) is 59.7 Å². The molecular weight excluding hydrogens is 283 g/mol. The number of fused-ring (bicyclic) bond motifs is 1. The summed E-state index contributed by atoms with van der Waals surface area (Å²) >= 11 is 0. The van der Waals surface area contributed by atoms with Gasteiger partial charge in [0.05, 0.1) is 5.69 Å². The first-order valence-corrected chi connectivity index (χ1v) is 7.02. The Labute approximate surface area is 127 Å². The molecule has 0 fully saturated rings. The fourth-order valence-electron chi connectivity index (χ4n) is 2.28. The number of rotatable bonds is 4. The monoisotopic (exact) mass is 298 g/mol. The Hall–Kier alpha value is -2.69. The third kappa shape index (κ3) is 3.14. The summed E-state index contributed by atoms with van der Waals surface area (Å²) in [5.41, 5.74) is 2.71. The second-order valence-corrected chi connectivity index (χ2v) is 5.06. The summed E-state index contributed by atoms with van der Waals surface area (Å²) in [6, 6.07) is 11.8. The Kier molecular flexibility index (Phi) is 3.87. The molecule has 2 aromatic carbocycles. The van der Waals surface area contributed by atoms with Gasteiger partial charge in [-0.2, -0.15) is 0 Å². The number of carbonyl (C=O) groups is 1. The SMILES string of the molecule is Cc1nc2cc(CCC(=O)Nc3ccccc3F)ccc2o1. The molecule has 3 aromatic rings. The summed E-state index contributed by atoms with van der Waals surface area (Å²) in [5.74, 6) is -0.0404. The third-order valence-corrected chi connectivity index (χ3v) is 3.35. The first kappa shape index (κ1) is 14.3. The molecule has 1 N–H and O–H groups in total. The lowest BCUT2D eigenvalue weighted by Gasteiger charge is -2.06. The standard InChI is InChI=1S/C17H15FN2O2/c1-11-19-15-10-12(6-8-16(15)22-11)7-9-17(21)20-14-5-3-2-4-13(14)18/h2-6,8,10H,7,9H2,1H3,(H,20,21). The average Bonchev–Trinajstić information content (AvgIpc) is 2.87. The zero-order valence-corrected chi connectivity index (χ0v) is 12.1. The minimum absolute atomic E-state index is 0.204. The molecule has 22 heavy (non-hydrogen) atoms. The van der Waals surface area contributed by atoms with Crippen LogP contribution >= 0.6 is 0 Å². The number of nitrogens with one attached hydrogen (secondary N) is 1. The van der Waals surface area contributed by atoms with Crippen molar-refractivity contribution >= 4 is 22.7 Å². The predicted octanol–water partition coefficient (Wildman–Crippen LogP) is 3.85. The lowest BCUT2D eigenvalue weighted by atomic mass is 10.1. The Morgan fingerprint density at radius 1 is 1.27 bits per heavy atom. The van der Waals surface area contributed by atoms with Gasteiger partial charge in [0.1, 0.15) is 11.3 Å². The van der Waals surface area contributed by atoms with Crippen molar-refractivity contribution in [1.29, 1.82) is 0 Å². The van der Waals surface area contributed by atoms with Crippen LogP contribution in [-0.4, -0.2) is 10.9 Å². The number of aryl methyl sites for hydroxylation is 2. The fourth-order valence-corrected chi connectivity index (χ4v) is 2.28. The lowest BCUT2D eigenvalue weighted by molar-refractivity contribution is -0.116. The molecule has 5 heteroatoms. The van der Waals surface area contributed by atoms with Gasteiger partial charge in [0.2, 0.25) is 5.91 Å².